The Balaban J connectivity index is 1.24. The molecule has 0 saturated heterocycles. The van der Waals surface area contributed by atoms with Crippen molar-refractivity contribution >= 4 is 17.5 Å². The number of carbonyl (C=O) groups is 1. The molecule has 1 unspecified atom stereocenters. The van der Waals surface area contributed by atoms with Gasteiger partial charge in [0.25, 0.3) is 0 Å². The molecule has 34 heavy (non-hydrogen) atoms. The van der Waals surface area contributed by atoms with Crippen LogP contribution in [0, 0.1) is 0 Å². The molecule has 0 spiro atoms. The summed E-state index contributed by atoms with van der Waals surface area (Å²) in [4.78, 5) is 12.5. The van der Waals surface area contributed by atoms with E-state index in [9.17, 15) is 4.79 Å². The van der Waals surface area contributed by atoms with Crippen molar-refractivity contribution in [3.05, 3.63) is 64.7 Å². The van der Waals surface area contributed by atoms with E-state index in [-0.39, 0.29) is 25.2 Å². The van der Waals surface area contributed by atoms with E-state index in [0.29, 0.717) is 35.2 Å². The molecule has 1 atom stereocenters. The average molecular weight is 482 g/mol. The maximum Gasteiger partial charge on any atom is 0.231 e. The highest BCUT2D eigenvalue weighted by Crippen LogP contribution is 2.42. The number of nitrogens with one attached hydrogen (secondary N) is 1. The Morgan fingerprint density at radius 2 is 1.91 bits per heavy atom. The molecule has 0 bridgehead atoms. The summed E-state index contributed by atoms with van der Waals surface area (Å²) in [6.07, 6.45) is 0.687. The van der Waals surface area contributed by atoms with Gasteiger partial charge in [0.1, 0.15) is 23.4 Å². The largest absolute Gasteiger partial charge is 0.497 e. The number of halogens is 1. The van der Waals surface area contributed by atoms with Crippen LogP contribution in [0.5, 0.6) is 28.7 Å². The minimum Gasteiger partial charge on any atom is -0.497 e. The minimum absolute atomic E-state index is 0.0914. The standard InChI is InChI=1S/C26H24ClNO6/c1-30-18-4-6-22(31-2)20(12-18)16-9-17-10-19(34-26(17)21(27)11-16)13-28-25(29)8-15-3-5-23-24(7-15)33-14-32-23/h3-7,9,11-12,19H,8,10,13-14H2,1-2H3,(H,28,29). The smallest absolute Gasteiger partial charge is 0.231 e. The zero-order valence-corrected chi connectivity index (χ0v) is 19.6. The lowest BCUT2D eigenvalue weighted by molar-refractivity contribution is -0.120. The highest BCUT2D eigenvalue weighted by atomic mass is 35.5. The molecule has 2 heterocycles. The highest BCUT2D eigenvalue weighted by Gasteiger charge is 2.27. The Labute approximate surface area is 202 Å². The van der Waals surface area contributed by atoms with E-state index in [2.05, 4.69) is 5.32 Å². The summed E-state index contributed by atoms with van der Waals surface area (Å²) in [7, 11) is 3.26. The number of methoxy groups -OCH3 is 2. The second-order valence-corrected chi connectivity index (χ2v) is 8.53. The Morgan fingerprint density at radius 1 is 1.06 bits per heavy atom. The maximum atomic E-state index is 12.5. The molecule has 5 rings (SSSR count). The second kappa shape index (κ2) is 9.35. The van der Waals surface area contributed by atoms with Gasteiger partial charge in [-0.1, -0.05) is 17.7 Å². The molecule has 0 aliphatic carbocycles. The number of ether oxygens (including phenoxy) is 5. The van der Waals surface area contributed by atoms with E-state index in [1.165, 1.54) is 0 Å². The van der Waals surface area contributed by atoms with Crippen molar-refractivity contribution < 1.29 is 28.5 Å². The third kappa shape index (κ3) is 4.43. The van der Waals surface area contributed by atoms with Crippen molar-refractivity contribution in [1.29, 1.82) is 0 Å². The molecule has 0 radical (unpaired) electrons. The molecule has 1 amide bonds. The van der Waals surface area contributed by atoms with E-state index in [1.54, 1.807) is 14.2 Å². The summed E-state index contributed by atoms with van der Waals surface area (Å²) in [6.45, 7) is 0.589. The fourth-order valence-corrected chi connectivity index (χ4v) is 4.51. The molecule has 7 nitrogen and oxygen atoms in total. The summed E-state index contributed by atoms with van der Waals surface area (Å²) in [5.41, 5.74) is 3.64. The summed E-state index contributed by atoms with van der Waals surface area (Å²) in [5, 5.41) is 3.48. The van der Waals surface area contributed by atoms with Gasteiger partial charge in [0.2, 0.25) is 12.7 Å². The quantitative estimate of drug-likeness (QED) is 0.538. The minimum atomic E-state index is -0.198. The SMILES string of the molecule is COc1ccc(OC)c(-c2cc(Cl)c3c(c2)CC(CNC(=O)Cc2ccc4c(c2)OCO4)O3)c1. The van der Waals surface area contributed by atoms with Crippen LogP contribution in [0.4, 0.5) is 0 Å². The molecule has 176 valence electrons. The molecule has 3 aromatic carbocycles. The number of benzene rings is 3. The second-order valence-electron chi connectivity index (χ2n) is 8.12. The fraction of sp³-hybridized carbons (Fsp3) is 0.269. The predicted octanol–water partition coefficient (Wildman–Crippen LogP) is 4.42. The first kappa shape index (κ1) is 22.2. The van der Waals surface area contributed by atoms with Gasteiger partial charge >= 0.3 is 0 Å². The third-order valence-corrected chi connectivity index (χ3v) is 6.18. The first-order chi connectivity index (χ1) is 16.5. The Hall–Kier alpha value is -3.58. The molecular weight excluding hydrogens is 458 g/mol. The molecule has 2 aliphatic heterocycles. The predicted molar refractivity (Wildman–Crippen MR) is 127 cm³/mol. The summed E-state index contributed by atoms with van der Waals surface area (Å²) >= 11 is 6.57. The number of rotatable bonds is 7. The van der Waals surface area contributed by atoms with Crippen molar-refractivity contribution in [3.63, 3.8) is 0 Å². The van der Waals surface area contributed by atoms with Crippen molar-refractivity contribution in [2.75, 3.05) is 27.6 Å². The van der Waals surface area contributed by atoms with Crippen LogP contribution in [0.2, 0.25) is 5.02 Å². The van der Waals surface area contributed by atoms with Crippen molar-refractivity contribution in [2.24, 2.45) is 0 Å². The molecule has 1 N–H and O–H groups in total. The normalized spacial score (nSPS) is 15.4. The number of fused-ring (bicyclic) bond motifs is 2. The number of carbonyl (C=O) groups excluding carboxylic acids is 1. The van der Waals surface area contributed by atoms with Gasteiger partial charge in [-0.15, -0.1) is 0 Å². The van der Waals surface area contributed by atoms with Crippen LogP contribution in [-0.2, 0) is 17.6 Å². The Kier molecular flexibility index (Phi) is 6.11. The number of hydrogen-bond donors (Lipinski definition) is 1. The van der Waals surface area contributed by atoms with Crippen LogP contribution < -0.4 is 29.0 Å². The van der Waals surface area contributed by atoms with Crippen LogP contribution in [-0.4, -0.2) is 39.6 Å². The van der Waals surface area contributed by atoms with Gasteiger partial charge in [-0.3, -0.25) is 4.79 Å². The molecule has 0 saturated carbocycles. The zero-order valence-electron chi connectivity index (χ0n) is 18.9. The van der Waals surface area contributed by atoms with Gasteiger partial charge in [0.05, 0.1) is 32.2 Å². The summed E-state index contributed by atoms with van der Waals surface area (Å²) in [5.74, 6) is 3.38. The van der Waals surface area contributed by atoms with Crippen LogP contribution in [0.15, 0.2) is 48.5 Å². The van der Waals surface area contributed by atoms with Gasteiger partial charge in [0, 0.05) is 17.5 Å². The molecular formula is C26H24ClNO6. The van der Waals surface area contributed by atoms with E-state index in [1.807, 2.05) is 48.5 Å². The lowest BCUT2D eigenvalue weighted by atomic mass is 9.99. The van der Waals surface area contributed by atoms with Crippen molar-refractivity contribution in [2.45, 2.75) is 18.9 Å². The van der Waals surface area contributed by atoms with Gasteiger partial charge in [-0.05, 0) is 53.6 Å². The van der Waals surface area contributed by atoms with Crippen LogP contribution in [0.1, 0.15) is 11.1 Å². The topological polar surface area (TPSA) is 75.3 Å². The lowest BCUT2D eigenvalue weighted by Crippen LogP contribution is -2.35. The average Bonchev–Trinajstić information content (AvgIpc) is 3.49. The van der Waals surface area contributed by atoms with Gasteiger partial charge in [0.15, 0.2) is 11.5 Å². The third-order valence-electron chi connectivity index (χ3n) is 5.90. The van der Waals surface area contributed by atoms with Crippen LogP contribution in [0.3, 0.4) is 0 Å². The van der Waals surface area contributed by atoms with E-state index in [4.69, 9.17) is 35.3 Å². The number of hydrogen-bond acceptors (Lipinski definition) is 6. The highest BCUT2D eigenvalue weighted by molar-refractivity contribution is 6.32. The monoisotopic (exact) mass is 481 g/mol. The molecule has 3 aromatic rings. The fourth-order valence-electron chi connectivity index (χ4n) is 4.22. The maximum absolute atomic E-state index is 12.5. The lowest BCUT2D eigenvalue weighted by Gasteiger charge is -2.13. The van der Waals surface area contributed by atoms with E-state index < -0.39 is 0 Å². The van der Waals surface area contributed by atoms with E-state index >= 15 is 0 Å². The summed E-state index contributed by atoms with van der Waals surface area (Å²) < 4.78 is 27.6. The molecule has 8 heteroatoms. The van der Waals surface area contributed by atoms with E-state index in [0.717, 1.165) is 33.8 Å². The van der Waals surface area contributed by atoms with Crippen LogP contribution in [0.25, 0.3) is 11.1 Å². The molecule has 0 aromatic heterocycles. The molecule has 2 aliphatic rings. The van der Waals surface area contributed by atoms with Crippen LogP contribution >= 0.6 is 11.6 Å². The van der Waals surface area contributed by atoms with Gasteiger partial charge in [-0.2, -0.15) is 0 Å². The first-order valence-corrected chi connectivity index (χ1v) is 11.3. The molecule has 0 fully saturated rings. The number of amides is 1. The Bertz CT molecular complexity index is 1240. The van der Waals surface area contributed by atoms with Crippen molar-refractivity contribution in [1.82, 2.24) is 5.32 Å². The zero-order chi connectivity index (χ0) is 23.7. The van der Waals surface area contributed by atoms with Gasteiger partial charge in [-0.25, -0.2) is 0 Å². The Morgan fingerprint density at radius 3 is 2.74 bits per heavy atom. The van der Waals surface area contributed by atoms with Gasteiger partial charge < -0.3 is 29.0 Å². The first-order valence-electron chi connectivity index (χ1n) is 10.9. The summed E-state index contributed by atoms with van der Waals surface area (Å²) in [6, 6.07) is 15.1. The van der Waals surface area contributed by atoms with Crippen molar-refractivity contribution in [3.8, 4) is 39.9 Å².